The molecule has 2 aromatic rings. The van der Waals surface area contributed by atoms with E-state index in [0.29, 0.717) is 25.5 Å². The molecular formula is C21H31N5O3S. The van der Waals surface area contributed by atoms with Crippen molar-refractivity contribution >= 4 is 16.0 Å². The summed E-state index contributed by atoms with van der Waals surface area (Å²) in [5.41, 5.74) is 1.41. The average Bonchev–Trinajstić information content (AvgIpc) is 3.31. The molecule has 164 valence electrons. The summed E-state index contributed by atoms with van der Waals surface area (Å²) in [6.45, 7) is 1.19. The Morgan fingerprint density at radius 2 is 1.87 bits per heavy atom. The molecule has 2 aliphatic rings. The van der Waals surface area contributed by atoms with Gasteiger partial charge in [-0.1, -0.05) is 30.3 Å². The Morgan fingerprint density at radius 3 is 2.50 bits per heavy atom. The van der Waals surface area contributed by atoms with Gasteiger partial charge in [0, 0.05) is 19.6 Å². The summed E-state index contributed by atoms with van der Waals surface area (Å²) < 4.78 is 34.6. The van der Waals surface area contributed by atoms with Gasteiger partial charge in [-0.2, -0.15) is 10.1 Å². The quantitative estimate of drug-likeness (QED) is 0.719. The van der Waals surface area contributed by atoms with Crippen LogP contribution in [0.4, 0.5) is 5.95 Å². The number of hydrogen-bond acceptors (Lipinski definition) is 6. The second kappa shape index (κ2) is 9.03. The standard InChI is InChI=1S/C21H31N5O3S/c1-25-21(22-15-23-25)26-13-12-19(24-30(2,27)28)20(26)14-29-18-10-8-17(9-11-18)16-6-4-3-5-7-16/h3-7,15,17-20,24H,8-14H2,1-2H3/t17?,18?,19-,20-/m0/s1. The number of benzene rings is 1. The SMILES string of the molecule is Cn1ncnc1N1CC[C@H](NS(C)(=O)=O)[C@@H]1COC1CCC(c2ccccc2)CC1. The fourth-order valence-corrected chi connectivity index (χ4v) is 5.62. The summed E-state index contributed by atoms with van der Waals surface area (Å²) in [4.78, 5) is 6.48. The van der Waals surface area contributed by atoms with Crippen molar-refractivity contribution < 1.29 is 13.2 Å². The first-order valence-electron chi connectivity index (χ1n) is 10.6. The fourth-order valence-electron chi connectivity index (χ4n) is 4.79. The predicted molar refractivity (Wildman–Crippen MR) is 116 cm³/mol. The molecule has 0 radical (unpaired) electrons. The van der Waals surface area contributed by atoms with E-state index in [4.69, 9.17) is 4.74 Å². The minimum absolute atomic E-state index is 0.102. The normalized spacial score (nSPS) is 27.5. The Kier molecular flexibility index (Phi) is 6.40. The minimum atomic E-state index is -3.30. The van der Waals surface area contributed by atoms with E-state index in [2.05, 4.69) is 50.0 Å². The summed E-state index contributed by atoms with van der Waals surface area (Å²) in [6.07, 6.45) is 7.96. The zero-order valence-corrected chi connectivity index (χ0v) is 18.5. The smallest absolute Gasteiger partial charge is 0.223 e. The third-order valence-electron chi connectivity index (χ3n) is 6.30. The molecule has 8 nitrogen and oxygen atoms in total. The van der Waals surface area contributed by atoms with E-state index in [1.807, 2.05) is 7.05 Å². The summed E-state index contributed by atoms with van der Waals surface area (Å²) >= 11 is 0. The molecule has 0 amide bonds. The summed E-state index contributed by atoms with van der Waals surface area (Å²) in [5.74, 6) is 1.35. The molecule has 1 aliphatic heterocycles. The van der Waals surface area contributed by atoms with Crippen LogP contribution in [0.3, 0.4) is 0 Å². The van der Waals surface area contributed by atoms with Crippen molar-refractivity contribution in [1.82, 2.24) is 19.5 Å². The molecule has 1 saturated carbocycles. The monoisotopic (exact) mass is 433 g/mol. The molecule has 9 heteroatoms. The van der Waals surface area contributed by atoms with Crippen molar-refractivity contribution in [2.75, 3.05) is 24.3 Å². The molecule has 0 unspecified atom stereocenters. The zero-order chi connectivity index (χ0) is 21.1. The van der Waals surface area contributed by atoms with Crippen LogP contribution in [0, 0.1) is 0 Å². The third kappa shape index (κ3) is 5.01. The van der Waals surface area contributed by atoms with Crippen molar-refractivity contribution in [3.05, 3.63) is 42.2 Å². The Bertz CT molecular complexity index is 925. The molecule has 1 aromatic carbocycles. The third-order valence-corrected chi connectivity index (χ3v) is 7.03. The highest BCUT2D eigenvalue weighted by atomic mass is 32.2. The molecule has 0 spiro atoms. The van der Waals surface area contributed by atoms with Gasteiger partial charge >= 0.3 is 0 Å². The maximum Gasteiger partial charge on any atom is 0.223 e. The van der Waals surface area contributed by atoms with Crippen molar-refractivity contribution in [3.63, 3.8) is 0 Å². The molecule has 30 heavy (non-hydrogen) atoms. The molecule has 1 aliphatic carbocycles. The first-order valence-corrected chi connectivity index (χ1v) is 12.5. The average molecular weight is 434 g/mol. The zero-order valence-electron chi connectivity index (χ0n) is 17.6. The van der Waals surface area contributed by atoms with E-state index < -0.39 is 10.0 Å². The number of rotatable bonds is 7. The van der Waals surface area contributed by atoms with Crippen molar-refractivity contribution in [1.29, 1.82) is 0 Å². The number of aryl methyl sites for hydroxylation is 1. The second-order valence-corrected chi connectivity index (χ2v) is 10.2. The molecule has 2 fully saturated rings. The van der Waals surface area contributed by atoms with Gasteiger partial charge in [0.2, 0.25) is 16.0 Å². The van der Waals surface area contributed by atoms with Crippen molar-refractivity contribution in [2.24, 2.45) is 7.05 Å². The molecule has 1 saturated heterocycles. The van der Waals surface area contributed by atoms with Gasteiger partial charge in [0.15, 0.2) is 0 Å². The Labute approximate surface area is 178 Å². The number of hydrogen-bond donors (Lipinski definition) is 1. The number of nitrogens with one attached hydrogen (secondary N) is 1. The lowest BCUT2D eigenvalue weighted by Gasteiger charge is -2.33. The Morgan fingerprint density at radius 1 is 1.13 bits per heavy atom. The van der Waals surface area contributed by atoms with Crippen LogP contribution in [0.15, 0.2) is 36.7 Å². The van der Waals surface area contributed by atoms with Gasteiger partial charge in [-0.3, -0.25) is 0 Å². The lowest BCUT2D eigenvalue weighted by molar-refractivity contribution is 0.0155. The van der Waals surface area contributed by atoms with Crippen LogP contribution in [0.25, 0.3) is 0 Å². The molecule has 1 N–H and O–H groups in total. The fraction of sp³-hybridized carbons (Fsp3) is 0.619. The van der Waals surface area contributed by atoms with Crippen molar-refractivity contribution in [3.8, 4) is 0 Å². The van der Waals surface area contributed by atoms with Crippen LogP contribution in [0.5, 0.6) is 0 Å². The van der Waals surface area contributed by atoms with Gasteiger partial charge in [-0.05, 0) is 43.6 Å². The first-order chi connectivity index (χ1) is 14.4. The van der Waals surface area contributed by atoms with E-state index in [9.17, 15) is 8.42 Å². The van der Waals surface area contributed by atoms with Gasteiger partial charge in [-0.25, -0.2) is 17.8 Å². The predicted octanol–water partition coefficient (Wildman–Crippen LogP) is 2.05. The minimum Gasteiger partial charge on any atom is -0.376 e. The van der Waals surface area contributed by atoms with Gasteiger partial charge in [0.05, 0.1) is 25.0 Å². The highest BCUT2D eigenvalue weighted by molar-refractivity contribution is 7.88. The maximum atomic E-state index is 11.9. The van der Waals surface area contributed by atoms with Crippen LogP contribution in [0.2, 0.25) is 0 Å². The van der Waals surface area contributed by atoms with E-state index >= 15 is 0 Å². The second-order valence-electron chi connectivity index (χ2n) is 8.45. The summed E-state index contributed by atoms with van der Waals surface area (Å²) in [6, 6.07) is 10.4. The van der Waals surface area contributed by atoms with Gasteiger partial charge in [0.1, 0.15) is 6.33 Å². The summed E-state index contributed by atoms with van der Waals surface area (Å²) in [5, 5.41) is 4.17. The van der Waals surface area contributed by atoms with Gasteiger partial charge in [0.25, 0.3) is 0 Å². The number of nitrogens with zero attached hydrogens (tertiary/aromatic N) is 4. The van der Waals surface area contributed by atoms with Crippen molar-refractivity contribution in [2.45, 2.75) is 56.2 Å². The molecule has 2 heterocycles. The maximum absolute atomic E-state index is 11.9. The number of sulfonamides is 1. The topological polar surface area (TPSA) is 89.4 Å². The first kappa shape index (κ1) is 21.3. The van der Waals surface area contributed by atoms with Crippen LogP contribution >= 0.6 is 0 Å². The Hall–Kier alpha value is -1.97. The lowest BCUT2D eigenvalue weighted by atomic mass is 9.83. The summed E-state index contributed by atoms with van der Waals surface area (Å²) in [7, 11) is -1.45. The van der Waals surface area contributed by atoms with Crippen LogP contribution in [-0.4, -0.2) is 60.8 Å². The molecule has 0 bridgehead atoms. The van der Waals surface area contributed by atoms with Crippen LogP contribution < -0.4 is 9.62 Å². The number of ether oxygens (including phenoxy) is 1. The Balaban J connectivity index is 1.38. The van der Waals surface area contributed by atoms with E-state index in [1.54, 1.807) is 4.68 Å². The van der Waals surface area contributed by atoms with E-state index in [-0.39, 0.29) is 18.2 Å². The largest absolute Gasteiger partial charge is 0.376 e. The molecular weight excluding hydrogens is 402 g/mol. The van der Waals surface area contributed by atoms with Crippen LogP contribution in [-0.2, 0) is 21.8 Å². The molecule has 4 rings (SSSR count). The van der Waals surface area contributed by atoms with E-state index in [0.717, 1.165) is 31.6 Å². The van der Waals surface area contributed by atoms with Gasteiger partial charge < -0.3 is 9.64 Å². The highest BCUT2D eigenvalue weighted by Gasteiger charge is 2.38. The van der Waals surface area contributed by atoms with Crippen LogP contribution in [0.1, 0.15) is 43.6 Å². The number of anilines is 1. The lowest BCUT2D eigenvalue weighted by Crippen LogP contribution is -2.48. The molecule has 1 aromatic heterocycles. The highest BCUT2D eigenvalue weighted by Crippen LogP contribution is 2.34. The van der Waals surface area contributed by atoms with E-state index in [1.165, 1.54) is 18.1 Å². The van der Waals surface area contributed by atoms with Gasteiger partial charge in [-0.15, -0.1) is 0 Å². The molecule has 2 atom stereocenters. The number of aromatic nitrogens is 3.